The Morgan fingerprint density at radius 3 is 2.77 bits per heavy atom. The van der Waals surface area contributed by atoms with Gasteiger partial charge in [0.05, 0.1) is 11.1 Å². The van der Waals surface area contributed by atoms with Crippen molar-refractivity contribution < 1.29 is 23.2 Å². The molecule has 9 heteroatoms. The van der Waals surface area contributed by atoms with Gasteiger partial charge >= 0.3 is 5.97 Å². The van der Waals surface area contributed by atoms with Crippen LogP contribution in [0.25, 0.3) is 11.7 Å². The quantitative estimate of drug-likeness (QED) is 0.633. The summed E-state index contributed by atoms with van der Waals surface area (Å²) in [5, 5.41) is 12.1. The molecule has 0 bridgehead atoms. The molecule has 0 aromatic carbocycles. The lowest BCUT2D eigenvalue weighted by Gasteiger charge is -2.20. The molecule has 0 saturated heterocycles. The van der Waals surface area contributed by atoms with Gasteiger partial charge in [0, 0.05) is 0 Å². The minimum absolute atomic E-state index is 0.136. The van der Waals surface area contributed by atoms with Crippen LogP contribution in [0, 0.1) is 5.92 Å². The van der Waals surface area contributed by atoms with E-state index in [4.69, 9.17) is 13.6 Å². The second-order valence-electron chi connectivity index (χ2n) is 5.76. The maximum absolute atomic E-state index is 12.4. The summed E-state index contributed by atoms with van der Waals surface area (Å²) in [6.07, 6.45) is 1.49. The highest BCUT2D eigenvalue weighted by atomic mass is 32.1. The average molecular weight is 375 g/mol. The Morgan fingerprint density at radius 2 is 2.12 bits per heavy atom. The van der Waals surface area contributed by atoms with Crippen molar-refractivity contribution in [2.75, 3.05) is 0 Å². The first-order chi connectivity index (χ1) is 12.5. The minimum atomic E-state index is -0.780. The molecule has 0 radical (unpaired) electrons. The monoisotopic (exact) mass is 375 g/mol. The van der Waals surface area contributed by atoms with Gasteiger partial charge in [0.25, 0.3) is 17.7 Å². The third-order valence-corrected chi connectivity index (χ3v) is 4.36. The van der Waals surface area contributed by atoms with Crippen LogP contribution >= 0.6 is 11.3 Å². The first kappa shape index (κ1) is 17.9. The SMILES string of the molecule is CC(C)[C@H](NC(=O)c1cccs1)C(=O)OCc1nnc(-c2ccco2)o1. The molecule has 3 aromatic rings. The maximum Gasteiger partial charge on any atom is 0.329 e. The minimum Gasteiger partial charge on any atom is -0.459 e. The van der Waals surface area contributed by atoms with Gasteiger partial charge in [0.1, 0.15) is 6.04 Å². The van der Waals surface area contributed by atoms with Gasteiger partial charge < -0.3 is 18.9 Å². The van der Waals surface area contributed by atoms with Gasteiger partial charge in [0.2, 0.25) is 0 Å². The van der Waals surface area contributed by atoms with Crippen molar-refractivity contribution in [3.63, 3.8) is 0 Å². The van der Waals surface area contributed by atoms with Gasteiger partial charge in [-0.25, -0.2) is 4.79 Å². The fourth-order valence-electron chi connectivity index (χ4n) is 2.15. The molecule has 3 aromatic heterocycles. The number of nitrogens with one attached hydrogen (secondary N) is 1. The van der Waals surface area contributed by atoms with Crippen LogP contribution in [-0.4, -0.2) is 28.1 Å². The fraction of sp³-hybridized carbons (Fsp3) is 0.294. The second-order valence-corrected chi connectivity index (χ2v) is 6.71. The van der Waals surface area contributed by atoms with Crippen LogP contribution < -0.4 is 5.32 Å². The molecule has 0 aliphatic heterocycles. The zero-order valence-corrected chi connectivity index (χ0v) is 15.0. The third-order valence-electron chi connectivity index (χ3n) is 3.49. The molecule has 0 aliphatic carbocycles. The van der Waals surface area contributed by atoms with E-state index in [9.17, 15) is 9.59 Å². The van der Waals surface area contributed by atoms with Crippen molar-refractivity contribution in [1.29, 1.82) is 0 Å². The van der Waals surface area contributed by atoms with E-state index in [1.807, 2.05) is 13.8 Å². The smallest absolute Gasteiger partial charge is 0.329 e. The van der Waals surface area contributed by atoms with Crippen LogP contribution in [0.1, 0.15) is 29.4 Å². The molecule has 0 unspecified atom stereocenters. The molecular weight excluding hydrogens is 358 g/mol. The Bertz CT molecular complexity index is 855. The van der Waals surface area contributed by atoms with Crippen molar-refractivity contribution in [3.05, 3.63) is 46.7 Å². The van der Waals surface area contributed by atoms with Gasteiger partial charge in [-0.2, -0.15) is 0 Å². The number of rotatable bonds is 7. The van der Waals surface area contributed by atoms with Crippen LogP contribution in [0.3, 0.4) is 0 Å². The van der Waals surface area contributed by atoms with E-state index < -0.39 is 12.0 Å². The second kappa shape index (κ2) is 7.96. The molecule has 0 saturated carbocycles. The van der Waals surface area contributed by atoms with E-state index in [0.29, 0.717) is 10.6 Å². The molecule has 1 atom stereocenters. The van der Waals surface area contributed by atoms with Crippen LogP contribution in [0.2, 0.25) is 0 Å². The zero-order chi connectivity index (χ0) is 18.5. The molecule has 1 N–H and O–H groups in total. The van der Waals surface area contributed by atoms with Gasteiger partial charge in [-0.1, -0.05) is 19.9 Å². The van der Waals surface area contributed by atoms with Gasteiger partial charge in [-0.3, -0.25) is 4.79 Å². The lowest BCUT2D eigenvalue weighted by atomic mass is 10.0. The Balaban J connectivity index is 1.59. The molecule has 3 rings (SSSR count). The lowest BCUT2D eigenvalue weighted by Crippen LogP contribution is -2.45. The summed E-state index contributed by atoms with van der Waals surface area (Å²) in [5.41, 5.74) is 0. The Labute approximate surface area is 153 Å². The van der Waals surface area contributed by atoms with Gasteiger partial charge in [-0.05, 0) is 29.5 Å². The Kier molecular flexibility index (Phi) is 5.47. The molecular formula is C17H17N3O5S. The highest BCUT2D eigenvalue weighted by molar-refractivity contribution is 7.12. The molecule has 3 heterocycles. The fourth-order valence-corrected chi connectivity index (χ4v) is 2.78. The predicted molar refractivity (Wildman–Crippen MR) is 92.2 cm³/mol. The van der Waals surface area contributed by atoms with Crippen LogP contribution in [-0.2, 0) is 16.1 Å². The summed E-state index contributed by atoms with van der Waals surface area (Å²) >= 11 is 1.30. The van der Waals surface area contributed by atoms with E-state index in [1.54, 1.807) is 29.6 Å². The number of amides is 1. The number of thiophene rings is 1. The summed E-state index contributed by atoms with van der Waals surface area (Å²) in [7, 11) is 0. The molecule has 136 valence electrons. The highest BCUT2D eigenvalue weighted by Crippen LogP contribution is 2.18. The normalized spacial score (nSPS) is 12.1. The standard InChI is InChI=1S/C17H17N3O5S/c1-10(2)14(18-15(21)12-6-4-8-26-12)17(22)24-9-13-19-20-16(25-13)11-5-3-7-23-11/h3-8,10,14H,9H2,1-2H3,(H,18,21)/t14-/m0/s1. The van der Waals surface area contributed by atoms with Crippen molar-refractivity contribution in [3.8, 4) is 11.7 Å². The number of carbonyl (C=O) groups is 2. The summed E-state index contributed by atoms with van der Waals surface area (Å²) in [6.45, 7) is 3.45. The summed E-state index contributed by atoms with van der Waals surface area (Å²) in [6, 6.07) is 6.06. The number of carbonyl (C=O) groups excluding carboxylic acids is 2. The van der Waals surface area contributed by atoms with Crippen molar-refractivity contribution in [2.24, 2.45) is 5.92 Å². The summed E-state index contributed by atoms with van der Waals surface area (Å²) < 4.78 is 15.8. The van der Waals surface area contributed by atoms with Crippen LogP contribution in [0.4, 0.5) is 0 Å². The van der Waals surface area contributed by atoms with Crippen LogP contribution in [0.5, 0.6) is 0 Å². The van der Waals surface area contributed by atoms with E-state index in [-0.39, 0.29) is 30.2 Å². The summed E-state index contributed by atoms with van der Waals surface area (Å²) in [4.78, 5) is 25.1. The van der Waals surface area contributed by atoms with E-state index in [2.05, 4.69) is 15.5 Å². The number of esters is 1. The first-order valence-electron chi connectivity index (χ1n) is 7.92. The first-order valence-corrected chi connectivity index (χ1v) is 8.80. The Morgan fingerprint density at radius 1 is 1.27 bits per heavy atom. The molecule has 8 nitrogen and oxygen atoms in total. The summed E-state index contributed by atoms with van der Waals surface area (Å²) in [5.74, 6) is -0.258. The van der Waals surface area contributed by atoms with Gasteiger partial charge in [-0.15, -0.1) is 21.5 Å². The molecule has 0 spiro atoms. The maximum atomic E-state index is 12.4. The van der Waals surface area contributed by atoms with Crippen LogP contribution in [0.15, 0.2) is 44.7 Å². The van der Waals surface area contributed by atoms with Crippen molar-refractivity contribution in [1.82, 2.24) is 15.5 Å². The molecule has 1 amide bonds. The number of ether oxygens (including phenoxy) is 1. The number of nitrogens with zero attached hydrogens (tertiary/aromatic N) is 2. The molecule has 0 fully saturated rings. The number of aromatic nitrogens is 2. The van der Waals surface area contributed by atoms with E-state index in [1.165, 1.54) is 17.6 Å². The highest BCUT2D eigenvalue weighted by Gasteiger charge is 2.27. The van der Waals surface area contributed by atoms with E-state index in [0.717, 1.165) is 0 Å². The number of hydrogen-bond donors (Lipinski definition) is 1. The number of hydrogen-bond acceptors (Lipinski definition) is 8. The average Bonchev–Trinajstić information content (AvgIpc) is 3.38. The van der Waals surface area contributed by atoms with Crippen molar-refractivity contribution >= 4 is 23.2 Å². The Hall–Kier alpha value is -2.94. The third kappa shape index (κ3) is 4.17. The largest absolute Gasteiger partial charge is 0.459 e. The van der Waals surface area contributed by atoms with Crippen molar-refractivity contribution in [2.45, 2.75) is 26.5 Å². The van der Waals surface area contributed by atoms with Gasteiger partial charge in [0.15, 0.2) is 12.4 Å². The lowest BCUT2D eigenvalue weighted by molar-refractivity contribution is -0.149. The zero-order valence-electron chi connectivity index (χ0n) is 14.2. The number of furan rings is 1. The molecule has 0 aliphatic rings. The topological polar surface area (TPSA) is 107 Å². The predicted octanol–water partition coefficient (Wildman–Crippen LogP) is 2.89. The molecule has 26 heavy (non-hydrogen) atoms. The van der Waals surface area contributed by atoms with E-state index >= 15 is 0 Å².